The first-order chi connectivity index (χ1) is 9.13. The van der Waals surface area contributed by atoms with Crippen molar-refractivity contribution in [2.45, 2.75) is 20.3 Å². The van der Waals surface area contributed by atoms with E-state index in [2.05, 4.69) is 54.4 Å². The van der Waals surface area contributed by atoms with E-state index in [0.717, 1.165) is 13.3 Å². The number of aromatic amines is 1. The smallest absolute Gasteiger partial charge is 0.300 e. The Balaban J connectivity index is 0.000000297. The van der Waals surface area contributed by atoms with Crippen molar-refractivity contribution in [2.75, 3.05) is 0 Å². The maximum Gasteiger partial charge on any atom is 0.300 e. The van der Waals surface area contributed by atoms with Crippen LogP contribution in [0.15, 0.2) is 42.5 Å². The van der Waals surface area contributed by atoms with Gasteiger partial charge in [-0.15, -0.1) is 0 Å². The van der Waals surface area contributed by atoms with Gasteiger partial charge in [0.15, 0.2) is 0 Å². The average Bonchev–Trinajstić information content (AvgIpc) is 2.76. The van der Waals surface area contributed by atoms with E-state index in [-0.39, 0.29) is 0 Å². The Kier molecular flexibility index (Phi) is 3.85. The largest absolute Gasteiger partial charge is 0.481 e. The summed E-state index contributed by atoms with van der Waals surface area (Å²) in [5, 5.41) is 10.1. The molecule has 0 atom stereocenters. The summed E-state index contributed by atoms with van der Waals surface area (Å²) in [6.45, 7) is 3.28. The number of nitrogens with one attached hydrogen (secondary N) is 1. The van der Waals surface area contributed by atoms with Crippen LogP contribution in [0.25, 0.3) is 21.8 Å². The van der Waals surface area contributed by atoms with Crippen molar-refractivity contribution in [1.29, 1.82) is 0 Å². The lowest BCUT2D eigenvalue weighted by atomic mass is 10.1. The minimum Gasteiger partial charge on any atom is -0.481 e. The molecule has 0 amide bonds. The van der Waals surface area contributed by atoms with E-state index in [9.17, 15) is 0 Å². The van der Waals surface area contributed by atoms with Crippen LogP contribution in [0.2, 0.25) is 0 Å². The number of para-hydroxylation sites is 2. The molecule has 0 saturated heterocycles. The molecule has 0 bridgehead atoms. The van der Waals surface area contributed by atoms with Crippen LogP contribution in [0.5, 0.6) is 0 Å². The number of H-pyrrole nitrogens is 1. The molecule has 1 heterocycles. The lowest BCUT2D eigenvalue weighted by molar-refractivity contribution is -0.134. The summed E-state index contributed by atoms with van der Waals surface area (Å²) >= 11 is 0. The van der Waals surface area contributed by atoms with E-state index in [0.29, 0.717) is 0 Å². The molecule has 0 saturated carbocycles. The summed E-state index contributed by atoms with van der Waals surface area (Å²) < 4.78 is 0. The second-order valence-electron chi connectivity index (χ2n) is 4.38. The maximum atomic E-state index is 9.00. The number of fused-ring (bicyclic) bond motifs is 3. The molecule has 0 aliphatic heterocycles. The summed E-state index contributed by atoms with van der Waals surface area (Å²) in [6, 6.07) is 15.0. The van der Waals surface area contributed by atoms with Crippen molar-refractivity contribution in [3.05, 3.63) is 48.0 Å². The lowest BCUT2D eigenvalue weighted by Gasteiger charge is -1.97. The van der Waals surface area contributed by atoms with Gasteiger partial charge in [0, 0.05) is 28.7 Å². The first kappa shape index (κ1) is 13.1. The standard InChI is InChI=1S/C14H13N.C2H4O2/c1-2-10-6-5-8-12-11-7-3-4-9-13(11)15-14(10)12;1-2(3)4/h3-9,15H,2H2,1H3;1H3,(H,3,4). The number of aliphatic carboxylic acids is 1. The molecule has 3 aromatic rings. The van der Waals surface area contributed by atoms with Gasteiger partial charge < -0.3 is 10.1 Å². The van der Waals surface area contributed by atoms with Gasteiger partial charge in [0.25, 0.3) is 5.97 Å². The fourth-order valence-corrected chi connectivity index (χ4v) is 2.23. The van der Waals surface area contributed by atoms with Crippen LogP contribution in [0, 0.1) is 0 Å². The predicted octanol–water partition coefficient (Wildman–Crippen LogP) is 3.97. The first-order valence-electron chi connectivity index (χ1n) is 6.31. The number of hydrogen-bond acceptors (Lipinski definition) is 1. The average molecular weight is 255 g/mol. The number of hydrogen-bond donors (Lipinski definition) is 2. The molecule has 2 N–H and O–H groups in total. The van der Waals surface area contributed by atoms with Crippen molar-refractivity contribution >= 4 is 27.8 Å². The topological polar surface area (TPSA) is 53.1 Å². The van der Waals surface area contributed by atoms with E-state index in [1.54, 1.807) is 0 Å². The highest BCUT2D eigenvalue weighted by Crippen LogP contribution is 2.27. The zero-order chi connectivity index (χ0) is 13.8. The molecule has 3 rings (SSSR count). The number of rotatable bonds is 1. The Morgan fingerprint density at radius 1 is 1.11 bits per heavy atom. The van der Waals surface area contributed by atoms with Crippen molar-refractivity contribution in [3.63, 3.8) is 0 Å². The van der Waals surface area contributed by atoms with Gasteiger partial charge in [0.05, 0.1) is 0 Å². The van der Waals surface area contributed by atoms with E-state index in [1.165, 1.54) is 27.4 Å². The molecule has 0 aliphatic carbocycles. The van der Waals surface area contributed by atoms with E-state index < -0.39 is 5.97 Å². The molecular formula is C16H17NO2. The quantitative estimate of drug-likeness (QED) is 0.691. The molecule has 0 aliphatic rings. The fraction of sp³-hybridized carbons (Fsp3) is 0.188. The van der Waals surface area contributed by atoms with Crippen LogP contribution in [0.3, 0.4) is 0 Å². The van der Waals surface area contributed by atoms with Gasteiger partial charge in [0.2, 0.25) is 0 Å². The normalized spacial score (nSPS) is 10.2. The summed E-state index contributed by atoms with van der Waals surface area (Å²) in [4.78, 5) is 12.5. The maximum absolute atomic E-state index is 9.00. The molecule has 3 nitrogen and oxygen atoms in total. The molecule has 1 aromatic heterocycles. The van der Waals surface area contributed by atoms with Crippen molar-refractivity contribution in [1.82, 2.24) is 4.98 Å². The third kappa shape index (κ3) is 2.76. The Hall–Kier alpha value is -2.29. The second kappa shape index (κ2) is 5.57. The van der Waals surface area contributed by atoms with Crippen molar-refractivity contribution in [2.24, 2.45) is 0 Å². The number of aromatic nitrogens is 1. The van der Waals surface area contributed by atoms with Crippen LogP contribution in [0.4, 0.5) is 0 Å². The molecular weight excluding hydrogens is 238 g/mol. The fourth-order valence-electron chi connectivity index (χ4n) is 2.23. The van der Waals surface area contributed by atoms with Crippen LogP contribution in [-0.2, 0) is 11.2 Å². The van der Waals surface area contributed by atoms with Crippen LogP contribution >= 0.6 is 0 Å². The number of carboxylic acids is 1. The van der Waals surface area contributed by atoms with Gasteiger partial charge >= 0.3 is 0 Å². The lowest BCUT2D eigenvalue weighted by Crippen LogP contribution is -1.80. The molecule has 0 unspecified atom stereocenters. The number of carboxylic acid groups (broad SMARTS) is 1. The minimum absolute atomic E-state index is 0.833. The first-order valence-corrected chi connectivity index (χ1v) is 6.31. The van der Waals surface area contributed by atoms with E-state index in [4.69, 9.17) is 9.90 Å². The molecule has 2 aromatic carbocycles. The Morgan fingerprint density at radius 3 is 2.42 bits per heavy atom. The molecule has 0 spiro atoms. The molecule has 3 heteroatoms. The zero-order valence-corrected chi connectivity index (χ0v) is 11.1. The van der Waals surface area contributed by atoms with E-state index in [1.807, 2.05) is 0 Å². The molecule has 0 radical (unpaired) electrons. The van der Waals surface area contributed by atoms with Gasteiger partial charge in [-0.3, -0.25) is 4.79 Å². The van der Waals surface area contributed by atoms with Gasteiger partial charge in [-0.25, -0.2) is 0 Å². The monoisotopic (exact) mass is 255 g/mol. The van der Waals surface area contributed by atoms with Crippen LogP contribution < -0.4 is 0 Å². The van der Waals surface area contributed by atoms with Gasteiger partial charge in [-0.05, 0) is 18.1 Å². The summed E-state index contributed by atoms with van der Waals surface area (Å²) in [5.41, 5.74) is 3.92. The highest BCUT2D eigenvalue weighted by atomic mass is 16.4. The van der Waals surface area contributed by atoms with Crippen molar-refractivity contribution < 1.29 is 9.90 Å². The number of benzene rings is 2. The zero-order valence-electron chi connectivity index (χ0n) is 11.1. The number of aryl methyl sites for hydroxylation is 1. The molecule has 0 fully saturated rings. The van der Waals surface area contributed by atoms with Crippen molar-refractivity contribution in [3.8, 4) is 0 Å². The van der Waals surface area contributed by atoms with Crippen LogP contribution in [0.1, 0.15) is 19.4 Å². The third-order valence-electron chi connectivity index (χ3n) is 3.01. The number of carbonyl (C=O) groups is 1. The van der Waals surface area contributed by atoms with Gasteiger partial charge in [-0.2, -0.15) is 0 Å². The van der Waals surface area contributed by atoms with Gasteiger partial charge in [-0.1, -0.05) is 43.3 Å². The minimum atomic E-state index is -0.833. The SMILES string of the molecule is CC(=O)O.CCc1cccc2c1[nH]c1ccccc12. The molecule has 19 heavy (non-hydrogen) atoms. The third-order valence-corrected chi connectivity index (χ3v) is 3.01. The summed E-state index contributed by atoms with van der Waals surface area (Å²) in [6.07, 6.45) is 1.07. The second-order valence-corrected chi connectivity index (χ2v) is 4.38. The molecule has 98 valence electrons. The highest BCUT2D eigenvalue weighted by molar-refractivity contribution is 6.08. The van der Waals surface area contributed by atoms with E-state index >= 15 is 0 Å². The van der Waals surface area contributed by atoms with Crippen LogP contribution in [-0.4, -0.2) is 16.1 Å². The Bertz CT molecular complexity index is 709. The Morgan fingerprint density at radius 2 is 1.74 bits per heavy atom. The Labute approximate surface area is 111 Å². The van der Waals surface area contributed by atoms with Gasteiger partial charge in [0.1, 0.15) is 0 Å². The highest BCUT2D eigenvalue weighted by Gasteiger charge is 2.05. The summed E-state index contributed by atoms with van der Waals surface area (Å²) in [5.74, 6) is -0.833. The predicted molar refractivity (Wildman–Crippen MR) is 78.5 cm³/mol. The summed E-state index contributed by atoms with van der Waals surface area (Å²) in [7, 11) is 0.